The molecule has 8 heavy (non-hydrogen) atoms. The van der Waals surface area contributed by atoms with E-state index in [4.69, 9.17) is 0 Å². The summed E-state index contributed by atoms with van der Waals surface area (Å²) in [6, 6.07) is 4.36. The van der Waals surface area contributed by atoms with E-state index in [1.807, 2.05) is 0 Å². The van der Waals surface area contributed by atoms with Crippen LogP contribution in [-0.4, -0.2) is 0 Å². The summed E-state index contributed by atoms with van der Waals surface area (Å²) in [5.74, 6) is 2.17. The van der Waals surface area contributed by atoms with Gasteiger partial charge >= 0.3 is 0 Å². The minimum absolute atomic E-state index is 1.35. The van der Waals surface area contributed by atoms with E-state index < -0.39 is 0 Å². The van der Waals surface area contributed by atoms with E-state index in [1.165, 1.54) is 19.1 Å². The van der Waals surface area contributed by atoms with Gasteiger partial charge in [-0.15, -0.1) is 0 Å². The zero-order chi connectivity index (χ0) is 5.98. The topological polar surface area (TPSA) is 0 Å². The molecule has 0 atom stereocenters. The Kier molecular flexibility index (Phi) is 1.65. The fourth-order valence-electron chi connectivity index (χ4n) is 0.687. The summed E-state index contributed by atoms with van der Waals surface area (Å²) < 4.78 is 0. The third-order valence-electron chi connectivity index (χ3n) is 1.05. The van der Waals surface area contributed by atoms with Crippen molar-refractivity contribution in [3.05, 3.63) is 28.8 Å². The Morgan fingerprint density at radius 2 is 2.12 bits per heavy atom. The molecular weight excluding hydrogens is 115 g/mol. The maximum Gasteiger partial charge on any atom is -0.0235 e. The van der Waals surface area contributed by atoms with Crippen molar-refractivity contribution >= 4 is 8.19 Å². The third-order valence-corrected chi connectivity index (χ3v) is 1.89. The van der Waals surface area contributed by atoms with Crippen molar-refractivity contribution in [3.8, 4) is 0 Å². The summed E-state index contributed by atoms with van der Waals surface area (Å²) in [6.07, 6.45) is 0. The van der Waals surface area contributed by atoms with Gasteiger partial charge in [0, 0.05) is 0 Å². The van der Waals surface area contributed by atoms with Gasteiger partial charge in [-0.25, -0.2) is 0 Å². The molecule has 42 valence electrons. The van der Waals surface area contributed by atoms with E-state index in [2.05, 4.69) is 31.8 Å². The van der Waals surface area contributed by atoms with Crippen molar-refractivity contribution < 1.29 is 0 Å². The molecule has 0 radical (unpaired) electrons. The zero-order valence-corrected chi connectivity index (χ0v) is 6.07. The van der Waals surface area contributed by atoms with Crippen molar-refractivity contribution in [2.24, 2.45) is 0 Å². The highest BCUT2D eigenvalue weighted by atomic mass is 31.0. The maximum atomic E-state index is 2.21. The van der Waals surface area contributed by atoms with E-state index in [0.717, 1.165) is 0 Å². The minimum Gasteiger partial charge on any atom is -0.0732 e. The molecule has 0 spiro atoms. The van der Waals surface area contributed by atoms with Gasteiger partial charge in [0.2, 0.25) is 0 Å². The van der Waals surface area contributed by atoms with Crippen LogP contribution in [0.2, 0.25) is 0 Å². The Labute approximate surface area is 51.7 Å². The average Bonchev–Trinajstić information content (AvgIpc) is 1.64. The summed E-state index contributed by atoms with van der Waals surface area (Å²) in [4.78, 5) is 0. The van der Waals surface area contributed by atoms with Crippen molar-refractivity contribution in [2.45, 2.75) is 13.8 Å². The van der Waals surface area contributed by atoms with E-state index in [0.29, 0.717) is 0 Å². The first-order chi connectivity index (χ1) is 3.79. The summed E-state index contributed by atoms with van der Waals surface area (Å²) in [7, 11) is 1.35. The molecule has 0 bridgehead atoms. The van der Waals surface area contributed by atoms with Gasteiger partial charge in [-0.1, -0.05) is 25.9 Å². The molecule has 1 rings (SSSR count). The van der Waals surface area contributed by atoms with E-state index in [9.17, 15) is 0 Å². The Morgan fingerprint density at radius 1 is 1.38 bits per heavy atom. The molecule has 1 heteroatoms. The third kappa shape index (κ3) is 1.31. The lowest BCUT2D eigenvalue weighted by Crippen LogP contribution is -1.66. The van der Waals surface area contributed by atoms with Crippen LogP contribution in [0.15, 0.2) is 17.9 Å². The predicted molar refractivity (Wildman–Crippen MR) is 38.4 cm³/mol. The van der Waals surface area contributed by atoms with Crippen LogP contribution in [0.3, 0.4) is 0 Å². The van der Waals surface area contributed by atoms with Crippen molar-refractivity contribution in [1.29, 1.82) is 0 Å². The molecule has 1 aromatic heterocycles. The Hall–Kier alpha value is -0.350. The molecule has 0 amide bonds. The lowest BCUT2D eigenvalue weighted by molar-refractivity contribution is 1.46. The van der Waals surface area contributed by atoms with Gasteiger partial charge in [-0.05, 0) is 24.9 Å². The van der Waals surface area contributed by atoms with Gasteiger partial charge in [0.15, 0.2) is 0 Å². The van der Waals surface area contributed by atoms with Crippen molar-refractivity contribution in [2.75, 3.05) is 0 Å². The molecule has 0 aromatic carbocycles. The van der Waals surface area contributed by atoms with Crippen LogP contribution in [0.25, 0.3) is 0 Å². The highest BCUT2D eigenvalue weighted by Gasteiger charge is 1.81. The molecule has 0 saturated carbocycles. The standard InChI is InChI=1S/C7H9P/c1-6-3-4-8-7(2)5-6/h3-5H,1-2H3. The normalized spacial score (nSPS) is 10.2. The monoisotopic (exact) mass is 124 g/mol. The van der Waals surface area contributed by atoms with Crippen LogP contribution in [0.4, 0.5) is 0 Å². The second-order valence-corrected chi connectivity index (χ2v) is 3.24. The number of aryl methyl sites for hydroxylation is 2. The van der Waals surface area contributed by atoms with Gasteiger partial charge in [0.05, 0.1) is 0 Å². The smallest absolute Gasteiger partial charge is 0.0235 e. The maximum absolute atomic E-state index is 2.21. The molecule has 0 aliphatic heterocycles. The van der Waals surface area contributed by atoms with E-state index >= 15 is 0 Å². The first kappa shape index (κ1) is 5.78. The molecule has 0 fully saturated rings. The van der Waals surface area contributed by atoms with Crippen molar-refractivity contribution in [3.63, 3.8) is 0 Å². The Balaban J connectivity index is 3.08. The highest BCUT2D eigenvalue weighted by Crippen LogP contribution is 2.12. The molecule has 0 aliphatic carbocycles. The quantitative estimate of drug-likeness (QED) is 0.498. The minimum atomic E-state index is 1.35. The van der Waals surface area contributed by atoms with Gasteiger partial charge in [-0.3, -0.25) is 0 Å². The molecular formula is C7H9P. The second kappa shape index (κ2) is 2.28. The lowest BCUT2D eigenvalue weighted by atomic mass is 10.3. The average molecular weight is 124 g/mol. The molecule has 0 unspecified atom stereocenters. The first-order valence-corrected chi connectivity index (χ1v) is 3.64. The van der Waals surface area contributed by atoms with Gasteiger partial charge in [0.1, 0.15) is 0 Å². The van der Waals surface area contributed by atoms with Crippen molar-refractivity contribution in [1.82, 2.24) is 0 Å². The van der Waals surface area contributed by atoms with E-state index in [1.54, 1.807) is 0 Å². The molecule has 0 saturated heterocycles. The van der Waals surface area contributed by atoms with Crippen LogP contribution < -0.4 is 0 Å². The summed E-state index contributed by atoms with van der Waals surface area (Å²) in [6.45, 7) is 4.27. The SMILES string of the molecule is Cc1ccpc(C)c1. The predicted octanol–water partition coefficient (Wildman–Crippen LogP) is 2.88. The first-order valence-electron chi connectivity index (χ1n) is 2.68. The molecule has 0 nitrogen and oxygen atoms in total. The fourth-order valence-corrected chi connectivity index (χ4v) is 1.51. The van der Waals surface area contributed by atoms with E-state index in [-0.39, 0.29) is 0 Å². The molecule has 0 aliphatic rings. The van der Waals surface area contributed by atoms with Crippen LogP contribution in [0, 0.1) is 13.8 Å². The van der Waals surface area contributed by atoms with Crippen LogP contribution in [0.5, 0.6) is 0 Å². The molecule has 0 N–H and O–H groups in total. The van der Waals surface area contributed by atoms with Gasteiger partial charge < -0.3 is 0 Å². The van der Waals surface area contributed by atoms with Gasteiger partial charge in [0.25, 0.3) is 0 Å². The van der Waals surface area contributed by atoms with Crippen LogP contribution in [0.1, 0.15) is 10.9 Å². The number of rotatable bonds is 0. The highest BCUT2D eigenvalue weighted by molar-refractivity contribution is 7.29. The molecule has 1 heterocycles. The second-order valence-electron chi connectivity index (χ2n) is 1.97. The van der Waals surface area contributed by atoms with Gasteiger partial charge in [-0.2, -0.15) is 0 Å². The zero-order valence-electron chi connectivity index (χ0n) is 5.18. The summed E-state index contributed by atoms with van der Waals surface area (Å²) in [5, 5.41) is 1.44. The Morgan fingerprint density at radius 3 is 2.50 bits per heavy atom. The summed E-state index contributed by atoms with van der Waals surface area (Å²) >= 11 is 0. The fraction of sp³-hybridized carbons (Fsp3) is 0.286. The molecule has 1 aromatic rings. The largest absolute Gasteiger partial charge is 0.0732 e. The summed E-state index contributed by atoms with van der Waals surface area (Å²) in [5.41, 5.74) is 1.36. The van der Waals surface area contributed by atoms with Crippen LogP contribution >= 0.6 is 8.19 Å². The lowest BCUT2D eigenvalue weighted by Gasteiger charge is -1.89. The number of hydrogen-bond acceptors (Lipinski definition) is 0. The number of hydrogen-bond donors (Lipinski definition) is 0. The van der Waals surface area contributed by atoms with Crippen LogP contribution in [-0.2, 0) is 0 Å². The Bertz CT molecular complexity index is 164.